The summed E-state index contributed by atoms with van der Waals surface area (Å²) in [7, 11) is 0. The van der Waals surface area contributed by atoms with Crippen molar-refractivity contribution < 1.29 is 196 Å². The van der Waals surface area contributed by atoms with Gasteiger partial charge in [0, 0.05) is 0 Å². The largest absolute Gasteiger partial charge is 0.460 e. The monoisotopic (exact) mass is 1030 g/mol. The van der Waals surface area contributed by atoms with Gasteiger partial charge >= 0.3 is 104 Å². The fraction of sp³-hybridized carbons (Fsp3) is 1.00. The Morgan fingerprint density at radius 2 is 0.371 bits per heavy atom. The summed E-state index contributed by atoms with van der Waals surface area (Å²) in [6.07, 6.45) is -129. The van der Waals surface area contributed by atoms with E-state index in [1.807, 2.05) is 0 Å². The van der Waals surface area contributed by atoms with Crippen LogP contribution in [0.15, 0.2) is 0 Å². The number of aliphatic hydroxyl groups is 1. The molecule has 0 aromatic heterocycles. The molecule has 0 saturated carbocycles. The molecule has 0 aromatic carbocycles. The third-order valence-corrected chi connectivity index (χ3v) is 5.23. The molecule has 0 aliphatic rings. The van der Waals surface area contributed by atoms with Gasteiger partial charge in [0.1, 0.15) is 0 Å². The number of hydrogen-bond acceptors (Lipinski definition) is 8. The molecule has 62 heavy (non-hydrogen) atoms. The van der Waals surface area contributed by atoms with Gasteiger partial charge in [-0.3, -0.25) is 0 Å². The third kappa shape index (κ3) is 11.3. The van der Waals surface area contributed by atoms with Crippen molar-refractivity contribution in [1.29, 1.82) is 0 Å². The zero-order valence-corrected chi connectivity index (χ0v) is 26.0. The zero-order valence-electron chi connectivity index (χ0n) is 26.0. The first-order valence-corrected chi connectivity index (χ1v) is 12.5. The molecule has 1 unspecified atom stereocenters. The predicted octanol–water partition coefficient (Wildman–Crippen LogP) is 10.5. The molecule has 1 N–H and O–H groups in total. The normalized spacial score (nSPS) is 17.2. The Kier molecular flexibility index (Phi) is 15.2. The molecule has 0 fully saturated rings. The van der Waals surface area contributed by atoms with Crippen molar-refractivity contribution in [2.24, 2.45) is 0 Å². The van der Waals surface area contributed by atoms with E-state index in [-0.39, 0.29) is 0 Å². The van der Waals surface area contributed by atoms with Crippen LogP contribution in [-0.2, 0) is 33.2 Å². The van der Waals surface area contributed by atoms with E-state index in [2.05, 4.69) is 0 Å². The molecule has 0 heterocycles. The van der Waals surface area contributed by atoms with Crippen LogP contribution in [0, 0.1) is 0 Å². The molecule has 0 rings (SSSR count). The number of ether oxygens (including phenoxy) is 7. The Morgan fingerprint density at radius 3 is 0.516 bits per heavy atom. The quantitative estimate of drug-likeness (QED) is 0.101. The maximum atomic E-state index is 13.5. The van der Waals surface area contributed by atoms with E-state index in [0.29, 0.717) is 0 Å². The highest BCUT2D eigenvalue weighted by molar-refractivity contribution is 4.97. The van der Waals surface area contributed by atoms with Gasteiger partial charge in [-0.25, -0.2) is 37.5 Å². The van der Waals surface area contributed by atoms with Gasteiger partial charge in [-0.15, -0.1) is 0 Å². The highest BCUT2D eigenvalue weighted by atomic mass is 19.4. The summed E-state index contributed by atoms with van der Waals surface area (Å²) in [5.74, 6) is -17.0. The van der Waals surface area contributed by atoms with Crippen molar-refractivity contribution in [3.05, 3.63) is 0 Å². The number of hydrogen-bond donors (Lipinski definition) is 1. The fourth-order valence-corrected chi connectivity index (χ4v) is 2.32. The van der Waals surface area contributed by atoms with Crippen LogP contribution in [0.3, 0.4) is 0 Å². The minimum Gasteiger partial charge on any atom is -0.357 e. The van der Waals surface area contributed by atoms with E-state index in [0.717, 1.165) is 28.4 Å². The smallest absolute Gasteiger partial charge is 0.357 e. The number of aliphatic hydroxyl groups excluding tert-OH is 1. The number of rotatable bonds is 23. The minimum absolute atomic E-state index is 0.879. The Labute approximate surface area is 307 Å². The van der Waals surface area contributed by atoms with E-state index in [9.17, 15) is 158 Å². The van der Waals surface area contributed by atoms with Crippen molar-refractivity contribution in [1.82, 2.24) is 0 Å². The molecule has 0 saturated heterocycles. The fourth-order valence-electron chi connectivity index (χ4n) is 2.32. The number of halogens is 36. The van der Waals surface area contributed by atoms with E-state index in [4.69, 9.17) is 5.11 Å². The van der Waals surface area contributed by atoms with Gasteiger partial charge < -0.3 is 5.11 Å². The Morgan fingerprint density at radius 1 is 0.226 bits per heavy atom. The molecule has 8 nitrogen and oxygen atoms in total. The van der Waals surface area contributed by atoms with Crippen LogP contribution in [0.2, 0.25) is 0 Å². The van der Waals surface area contributed by atoms with Gasteiger partial charge in [-0.05, 0) is 0 Å². The van der Waals surface area contributed by atoms with Crippen molar-refractivity contribution in [2.75, 3.05) is 0 Å². The summed E-state index contributed by atoms with van der Waals surface area (Å²) in [4.78, 5) is 0. The van der Waals surface area contributed by atoms with Crippen LogP contribution in [0.1, 0.15) is 0 Å². The molecule has 0 bridgehead atoms. The second-order valence-corrected chi connectivity index (χ2v) is 9.98. The second kappa shape index (κ2) is 15.9. The summed E-state index contributed by atoms with van der Waals surface area (Å²) in [5, 5.41) is 7.71. The SMILES string of the molecule is OC(F)C(F)(F)OC(F)(F)C(F)(F)OC(F)(F)C(F)(F)OC(F)(F)C(F)(F)OC(F)(F)C(F)(F)OC(F)(F)C(F)(F)OC(F)(F)C(F)(F)OC(F)(F)C(F)(F)C(F)(F)C(F)(F)F. The van der Waals surface area contributed by atoms with Crippen LogP contribution in [0.5, 0.6) is 0 Å². The minimum atomic E-state index is -8.62. The standard InChI is InChI=1S/C18H2F36O8/c19-1(55)2(20,21)56-7(31,32)8(33,34)58-11(39,40)12(41,42)60-15(47,48)16(49,50)62-18(53,54)17(51,52)61-14(45,46)13(43,44)59-10(37,38)9(35,36)57-6(29,30)4(24,25)3(22,23)5(26,27)28/h1,55H. The van der Waals surface area contributed by atoms with Crippen molar-refractivity contribution in [3.8, 4) is 0 Å². The van der Waals surface area contributed by atoms with E-state index in [1.54, 1.807) is 0 Å². The molecule has 0 aromatic rings. The lowest BCUT2D eigenvalue weighted by atomic mass is 10.1. The van der Waals surface area contributed by atoms with Crippen LogP contribution < -0.4 is 0 Å². The first-order valence-electron chi connectivity index (χ1n) is 12.5. The molecule has 374 valence electrons. The van der Waals surface area contributed by atoms with E-state index < -0.39 is 110 Å². The highest BCUT2D eigenvalue weighted by Crippen LogP contribution is 2.58. The first kappa shape index (κ1) is 59.2. The van der Waals surface area contributed by atoms with Crippen LogP contribution >= 0.6 is 0 Å². The Hall–Kier alpha value is -2.84. The summed E-state index contributed by atoms with van der Waals surface area (Å²) >= 11 is 0. The Bertz CT molecular complexity index is 1530. The van der Waals surface area contributed by atoms with Gasteiger partial charge in [-0.1, -0.05) is 0 Å². The molecule has 1 atom stereocenters. The molecule has 0 amide bonds. The van der Waals surface area contributed by atoms with Gasteiger partial charge in [0.2, 0.25) is 0 Å². The topological polar surface area (TPSA) is 84.8 Å². The highest BCUT2D eigenvalue weighted by Gasteiger charge is 2.86. The van der Waals surface area contributed by atoms with Crippen LogP contribution in [-0.4, -0.2) is 115 Å². The predicted molar refractivity (Wildman–Crippen MR) is 99.9 cm³/mol. The molecule has 44 heteroatoms. The van der Waals surface area contributed by atoms with E-state index in [1.165, 1.54) is 4.74 Å². The molecular weight excluding hydrogens is 1030 g/mol. The molecule has 0 aliphatic carbocycles. The Balaban J connectivity index is 6.54. The van der Waals surface area contributed by atoms with Crippen molar-refractivity contribution >= 4 is 0 Å². The lowest BCUT2D eigenvalue weighted by molar-refractivity contribution is -0.599. The summed E-state index contributed by atoms with van der Waals surface area (Å²) in [6, 6.07) is 0. The number of alkyl halides is 36. The lowest BCUT2D eigenvalue weighted by Gasteiger charge is -2.38. The second-order valence-electron chi connectivity index (χ2n) is 9.98. The molecular formula is C18H2F36O8. The summed E-state index contributed by atoms with van der Waals surface area (Å²) in [6.45, 7) is 0. The van der Waals surface area contributed by atoms with Gasteiger partial charge in [0.05, 0.1) is 0 Å². The van der Waals surface area contributed by atoms with Gasteiger partial charge in [0.15, 0.2) is 0 Å². The summed E-state index contributed by atoms with van der Waals surface area (Å²) in [5.41, 5.74) is 0. The summed E-state index contributed by atoms with van der Waals surface area (Å²) < 4.78 is 480. The average molecular weight is 1030 g/mol. The van der Waals surface area contributed by atoms with Crippen molar-refractivity contribution in [2.45, 2.75) is 110 Å². The lowest BCUT2D eigenvalue weighted by Crippen LogP contribution is -2.65. The maximum absolute atomic E-state index is 13.5. The molecule has 0 aliphatic heterocycles. The maximum Gasteiger partial charge on any atom is 0.460 e. The van der Waals surface area contributed by atoms with E-state index >= 15 is 0 Å². The average Bonchev–Trinajstić information content (AvgIpc) is 2.91. The zero-order chi connectivity index (χ0) is 51.0. The van der Waals surface area contributed by atoms with Crippen molar-refractivity contribution in [3.63, 3.8) is 0 Å². The van der Waals surface area contributed by atoms with Crippen LogP contribution in [0.4, 0.5) is 158 Å². The van der Waals surface area contributed by atoms with Gasteiger partial charge in [-0.2, -0.15) is 154 Å². The molecule has 0 spiro atoms. The third-order valence-electron chi connectivity index (χ3n) is 5.23. The molecule has 0 radical (unpaired) electrons. The first-order chi connectivity index (χ1) is 26.1. The van der Waals surface area contributed by atoms with Crippen LogP contribution in [0.25, 0.3) is 0 Å². The van der Waals surface area contributed by atoms with Gasteiger partial charge in [0.25, 0.3) is 6.36 Å².